The normalized spacial score (nSPS) is 18.6. The van der Waals surface area contributed by atoms with Gasteiger partial charge in [-0.3, -0.25) is 9.69 Å². The van der Waals surface area contributed by atoms with Crippen LogP contribution in [0.15, 0.2) is 0 Å². The van der Waals surface area contributed by atoms with Gasteiger partial charge in [-0.05, 0) is 50.7 Å². The van der Waals surface area contributed by atoms with Gasteiger partial charge in [0, 0.05) is 6.54 Å². The van der Waals surface area contributed by atoms with Gasteiger partial charge in [-0.25, -0.2) is 0 Å². The van der Waals surface area contributed by atoms with E-state index in [0.29, 0.717) is 12.5 Å². The van der Waals surface area contributed by atoms with Crippen molar-refractivity contribution < 1.29 is 4.79 Å². The van der Waals surface area contributed by atoms with Crippen LogP contribution in [-0.2, 0) is 4.79 Å². The van der Waals surface area contributed by atoms with E-state index in [-0.39, 0.29) is 5.91 Å². The second-order valence-electron chi connectivity index (χ2n) is 5.49. The first-order valence-corrected chi connectivity index (χ1v) is 6.81. The third kappa shape index (κ3) is 6.03. The van der Waals surface area contributed by atoms with Crippen molar-refractivity contribution in [1.29, 1.82) is 0 Å². The van der Waals surface area contributed by atoms with Crippen LogP contribution in [0, 0.1) is 11.8 Å². The monoisotopic (exact) mass is 241 g/mol. The first-order valence-electron chi connectivity index (χ1n) is 6.81. The van der Waals surface area contributed by atoms with Crippen molar-refractivity contribution in [3.8, 4) is 0 Å². The molecule has 1 fully saturated rings. The third-order valence-electron chi connectivity index (χ3n) is 3.36. The number of nitrogens with one attached hydrogen (secondary N) is 1. The van der Waals surface area contributed by atoms with E-state index >= 15 is 0 Å². The molecule has 0 spiro atoms. The van der Waals surface area contributed by atoms with Crippen molar-refractivity contribution in [2.24, 2.45) is 17.6 Å². The van der Waals surface area contributed by atoms with E-state index in [0.717, 1.165) is 38.5 Å². The van der Waals surface area contributed by atoms with Gasteiger partial charge in [0.05, 0.1) is 6.54 Å². The minimum atomic E-state index is 0.163. The largest absolute Gasteiger partial charge is 0.355 e. The van der Waals surface area contributed by atoms with Crippen LogP contribution in [0.25, 0.3) is 0 Å². The molecule has 0 atom stereocenters. The summed E-state index contributed by atoms with van der Waals surface area (Å²) in [6.07, 6.45) is 3.51. The summed E-state index contributed by atoms with van der Waals surface area (Å²) in [6, 6.07) is 0. The smallest absolute Gasteiger partial charge is 0.234 e. The number of nitrogens with two attached hydrogens (primary N) is 1. The Bertz CT molecular complexity index is 223. The minimum absolute atomic E-state index is 0.163. The van der Waals surface area contributed by atoms with Crippen LogP contribution in [0.3, 0.4) is 0 Å². The quantitative estimate of drug-likeness (QED) is 0.724. The number of carbonyl (C=O) groups excluding carboxylic acids is 1. The van der Waals surface area contributed by atoms with Gasteiger partial charge in [0.2, 0.25) is 5.91 Å². The summed E-state index contributed by atoms with van der Waals surface area (Å²) in [5, 5.41) is 2.97. The van der Waals surface area contributed by atoms with Crippen LogP contribution in [0.5, 0.6) is 0 Å². The Morgan fingerprint density at radius 1 is 1.41 bits per heavy atom. The number of hydrogen-bond donors (Lipinski definition) is 2. The lowest BCUT2D eigenvalue weighted by Gasteiger charge is -2.31. The molecule has 1 aliphatic rings. The molecule has 1 heterocycles. The first-order chi connectivity index (χ1) is 8.11. The van der Waals surface area contributed by atoms with Gasteiger partial charge in [0.15, 0.2) is 0 Å². The fourth-order valence-corrected chi connectivity index (χ4v) is 2.25. The van der Waals surface area contributed by atoms with Gasteiger partial charge in [0.1, 0.15) is 0 Å². The second kappa shape index (κ2) is 7.67. The molecule has 0 aliphatic carbocycles. The van der Waals surface area contributed by atoms with Crippen LogP contribution in [0.1, 0.15) is 33.1 Å². The molecule has 0 aromatic rings. The van der Waals surface area contributed by atoms with E-state index in [2.05, 4.69) is 24.1 Å². The second-order valence-corrected chi connectivity index (χ2v) is 5.49. The molecule has 0 aromatic carbocycles. The summed E-state index contributed by atoms with van der Waals surface area (Å²) in [7, 11) is 0. The average molecular weight is 241 g/mol. The van der Waals surface area contributed by atoms with E-state index in [1.54, 1.807) is 0 Å². The first kappa shape index (κ1) is 14.5. The Kier molecular flexibility index (Phi) is 6.52. The number of piperidine rings is 1. The molecular weight excluding hydrogens is 214 g/mol. The highest BCUT2D eigenvalue weighted by molar-refractivity contribution is 5.77. The van der Waals surface area contributed by atoms with E-state index < -0.39 is 0 Å². The zero-order valence-corrected chi connectivity index (χ0v) is 11.2. The van der Waals surface area contributed by atoms with Crippen molar-refractivity contribution >= 4 is 5.91 Å². The van der Waals surface area contributed by atoms with E-state index in [1.165, 1.54) is 12.8 Å². The molecule has 1 aliphatic heterocycles. The number of nitrogens with zero attached hydrogens (tertiary/aromatic N) is 1. The fraction of sp³-hybridized carbons (Fsp3) is 0.923. The minimum Gasteiger partial charge on any atom is -0.355 e. The van der Waals surface area contributed by atoms with Crippen LogP contribution < -0.4 is 11.1 Å². The van der Waals surface area contributed by atoms with Crippen LogP contribution in [0.4, 0.5) is 0 Å². The third-order valence-corrected chi connectivity index (χ3v) is 3.36. The standard InChI is InChI=1S/C13H27N3O/c1-11(2)9-15-13(17)10-16-7-4-12(3-6-14)5-8-16/h11-12H,3-10,14H2,1-2H3,(H,15,17). The van der Waals surface area contributed by atoms with Crippen molar-refractivity contribution in [3.63, 3.8) is 0 Å². The van der Waals surface area contributed by atoms with Gasteiger partial charge in [-0.1, -0.05) is 13.8 Å². The Balaban J connectivity index is 2.14. The molecule has 17 heavy (non-hydrogen) atoms. The number of hydrogen-bond acceptors (Lipinski definition) is 3. The van der Waals surface area contributed by atoms with Crippen LogP contribution in [0.2, 0.25) is 0 Å². The molecular formula is C13H27N3O. The number of carbonyl (C=O) groups is 1. The topological polar surface area (TPSA) is 58.4 Å². The van der Waals surface area contributed by atoms with Gasteiger partial charge in [-0.15, -0.1) is 0 Å². The van der Waals surface area contributed by atoms with E-state index in [1.807, 2.05) is 0 Å². The summed E-state index contributed by atoms with van der Waals surface area (Å²) >= 11 is 0. The van der Waals surface area contributed by atoms with Gasteiger partial charge < -0.3 is 11.1 Å². The van der Waals surface area contributed by atoms with Gasteiger partial charge in [-0.2, -0.15) is 0 Å². The van der Waals surface area contributed by atoms with Crippen molar-refractivity contribution in [1.82, 2.24) is 10.2 Å². The van der Waals surface area contributed by atoms with Crippen molar-refractivity contribution in [2.45, 2.75) is 33.1 Å². The Hall–Kier alpha value is -0.610. The molecule has 1 saturated heterocycles. The molecule has 0 radical (unpaired) electrons. The maximum atomic E-state index is 11.7. The zero-order chi connectivity index (χ0) is 12.7. The predicted octanol–water partition coefficient (Wildman–Crippen LogP) is 0.819. The fourth-order valence-electron chi connectivity index (χ4n) is 2.25. The maximum absolute atomic E-state index is 11.7. The summed E-state index contributed by atoms with van der Waals surface area (Å²) < 4.78 is 0. The predicted molar refractivity (Wildman–Crippen MR) is 70.7 cm³/mol. The van der Waals surface area contributed by atoms with Crippen molar-refractivity contribution in [3.05, 3.63) is 0 Å². The summed E-state index contributed by atoms with van der Waals surface area (Å²) in [5.41, 5.74) is 5.56. The molecule has 1 amide bonds. The SMILES string of the molecule is CC(C)CNC(=O)CN1CCC(CCN)CC1. The zero-order valence-electron chi connectivity index (χ0n) is 11.2. The Morgan fingerprint density at radius 3 is 2.59 bits per heavy atom. The van der Waals surface area contributed by atoms with Crippen LogP contribution >= 0.6 is 0 Å². The molecule has 1 rings (SSSR count). The van der Waals surface area contributed by atoms with Gasteiger partial charge in [0.25, 0.3) is 0 Å². The lowest BCUT2D eigenvalue weighted by atomic mass is 9.94. The molecule has 0 saturated carbocycles. The van der Waals surface area contributed by atoms with Crippen molar-refractivity contribution in [2.75, 3.05) is 32.7 Å². The van der Waals surface area contributed by atoms with E-state index in [4.69, 9.17) is 5.73 Å². The summed E-state index contributed by atoms with van der Waals surface area (Å²) in [5.74, 6) is 1.46. The molecule has 4 nitrogen and oxygen atoms in total. The lowest BCUT2D eigenvalue weighted by molar-refractivity contribution is -0.122. The molecule has 0 aromatic heterocycles. The highest BCUT2D eigenvalue weighted by atomic mass is 16.2. The highest BCUT2D eigenvalue weighted by Crippen LogP contribution is 2.19. The average Bonchev–Trinajstić information content (AvgIpc) is 2.29. The molecule has 100 valence electrons. The van der Waals surface area contributed by atoms with Crippen LogP contribution in [-0.4, -0.2) is 43.5 Å². The number of amides is 1. The summed E-state index contributed by atoms with van der Waals surface area (Å²) in [4.78, 5) is 13.9. The Morgan fingerprint density at radius 2 is 2.06 bits per heavy atom. The highest BCUT2D eigenvalue weighted by Gasteiger charge is 2.19. The Labute approximate surface area is 105 Å². The molecule has 4 heteroatoms. The molecule has 0 unspecified atom stereocenters. The number of rotatable bonds is 6. The van der Waals surface area contributed by atoms with Gasteiger partial charge >= 0.3 is 0 Å². The molecule has 3 N–H and O–H groups in total. The molecule has 0 bridgehead atoms. The maximum Gasteiger partial charge on any atom is 0.234 e. The number of likely N-dealkylation sites (tertiary alicyclic amines) is 1. The van der Waals surface area contributed by atoms with E-state index in [9.17, 15) is 4.79 Å². The lowest BCUT2D eigenvalue weighted by Crippen LogP contribution is -2.42. The summed E-state index contributed by atoms with van der Waals surface area (Å²) in [6.45, 7) is 8.43.